The zero-order valence-electron chi connectivity index (χ0n) is 39.6. The van der Waals surface area contributed by atoms with E-state index in [4.69, 9.17) is 14.2 Å². The van der Waals surface area contributed by atoms with E-state index in [9.17, 15) is 39.3 Å². The van der Waals surface area contributed by atoms with Gasteiger partial charge in [-0.1, -0.05) is 71.1 Å². The Hall–Kier alpha value is -3.13. The number of carbonyl (C=O) groups is 5. The van der Waals surface area contributed by atoms with Gasteiger partial charge in [0, 0.05) is 64.2 Å². The van der Waals surface area contributed by atoms with Crippen LogP contribution in [0.4, 0.5) is 0 Å². The number of aliphatic hydroxyl groups excluding tert-OH is 2. The van der Waals surface area contributed by atoms with Gasteiger partial charge in [-0.15, -0.1) is 0 Å². The van der Waals surface area contributed by atoms with Gasteiger partial charge in [-0.25, -0.2) is 0 Å². The van der Waals surface area contributed by atoms with Crippen molar-refractivity contribution in [1.82, 2.24) is 4.90 Å². The monoisotopic (exact) mass is 882 g/mol. The summed E-state index contributed by atoms with van der Waals surface area (Å²) < 4.78 is 17.6. The van der Waals surface area contributed by atoms with Crippen LogP contribution in [0.3, 0.4) is 0 Å². The highest BCUT2D eigenvalue weighted by Crippen LogP contribution is 2.39. The number of allylic oxidation sites excluding steroid dienone is 6. The van der Waals surface area contributed by atoms with Gasteiger partial charge in [-0.3, -0.25) is 24.0 Å². The van der Waals surface area contributed by atoms with Gasteiger partial charge in [0.05, 0.1) is 36.6 Å². The number of ether oxygens (including phenoxy) is 3. The number of hydrogen-bond donors (Lipinski definition) is 3. The molecule has 1 saturated carbocycles. The fraction of sp³-hybridized carbons (Fsp3) is 0.745. The van der Waals surface area contributed by atoms with Crippen LogP contribution in [0, 0.1) is 41.4 Å². The van der Waals surface area contributed by atoms with Crippen molar-refractivity contribution < 1.29 is 53.5 Å². The molecule has 12 heteroatoms. The summed E-state index contributed by atoms with van der Waals surface area (Å²) in [5.41, 5.74) is 1.44. The lowest BCUT2D eigenvalue weighted by Gasteiger charge is -2.43. The van der Waals surface area contributed by atoms with Crippen molar-refractivity contribution in [3.63, 3.8) is 0 Å². The minimum Gasteiger partial charge on any atom is -0.390 e. The van der Waals surface area contributed by atoms with Crippen molar-refractivity contribution in [2.75, 3.05) is 20.8 Å². The van der Waals surface area contributed by atoms with Gasteiger partial charge in [0.15, 0.2) is 5.78 Å². The lowest BCUT2D eigenvalue weighted by Crippen LogP contribution is -2.60. The van der Waals surface area contributed by atoms with Crippen LogP contribution in [-0.4, -0.2) is 112 Å². The zero-order valence-corrected chi connectivity index (χ0v) is 39.6. The van der Waals surface area contributed by atoms with Crippen LogP contribution in [0.25, 0.3) is 0 Å². The summed E-state index contributed by atoms with van der Waals surface area (Å²) in [4.78, 5) is 71.6. The number of amides is 1. The predicted octanol–water partition coefficient (Wildman–Crippen LogP) is 7.22. The largest absolute Gasteiger partial charge is 0.390 e. The van der Waals surface area contributed by atoms with E-state index in [0.717, 1.165) is 12.0 Å². The third-order valence-corrected chi connectivity index (χ3v) is 14.7. The summed E-state index contributed by atoms with van der Waals surface area (Å²) >= 11 is 0. The highest BCUT2D eigenvalue weighted by atomic mass is 16.6. The number of rotatable bonds is 5. The Bertz CT molecular complexity index is 1700. The molecule has 3 aliphatic heterocycles. The highest BCUT2D eigenvalue weighted by molar-refractivity contribution is 6.39. The number of aliphatic hydroxyl groups is 3. The maximum Gasteiger partial charge on any atom is 0.296 e. The maximum absolute atomic E-state index is 14.5. The summed E-state index contributed by atoms with van der Waals surface area (Å²) in [5, 5.41) is 33.5. The fourth-order valence-electron chi connectivity index (χ4n) is 10.2. The molecule has 354 valence electrons. The molecule has 2 unspecified atom stereocenters. The molecule has 3 fully saturated rings. The van der Waals surface area contributed by atoms with Crippen LogP contribution in [0.1, 0.15) is 138 Å². The Labute approximate surface area is 376 Å². The molecule has 3 heterocycles. The molecule has 4 rings (SSSR count). The van der Waals surface area contributed by atoms with E-state index in [2.05, 4.69) is 0 Å². The molecular weight excluding hydrogens is 803 g/mol. The average Bonchev–Trinajstić information content (AvgIpc) is 3.25. The van der Waals surface area contributed by atoms with Crippen LogP contribution in [0.2, 0.25) is 0 Å². The molecule has 0 aromatic heterocycles. The van der Waals surface area contributed by atoms with Gasteiger partial charge >= 0.3 is 0 Å². The van der Waals surface area contributed by atoms with Gasteiger partial charge in [0.1, 0.15) is 11.6 Å². The first-order valence-corrected chi connectivity index (χ1v) is 23.7. The lowest BCUT2D eigenvalue weighted by molar-refractivity contribution is -0.265. The van der Waals surface area contributed by atoms with Crippen molar-refractivity contribution in [3.8, 4) is 0 Å². The van der Waals surface area contributed by atoms with Gasteiger partial charge in [0.25, 0.3) is 11.7 Å². The second-order valence-corrected chi connectivity index (χ2v) is 19.7. The number of methoxy groups -OCH3 is 2. The van der Waals surface area contributed by atoms with Crippen molar-refractivity contribution in [1.29, 1.82) is 0 Å². The summed E-state index contributed by atoms with van der Waals surface area (Å²) in [6.45, 7) is 13.3. The molecule has 12 nitrogen and oxygen atoms in total. The molecule has 3 N–H and O–H groups in total. The number of nitrogens with zero attached hydrogens (tertiary/aromatic N) is 1. The standard InChI is InChI=1S/C51H79NO11/c1-31-15-11-10-12-16-32(2)47(61-8)29-40-20-18-37(7)51(60,63-40)49(58)50(59)52-22-14-13-17-41(52)46(57)28-39(33(3)25-38-19-21-42(53)48(26-38)62-9)27-43(54)35(5)24-36(6)45(56)30-44(55)34(4)23-31/h10-12,15-16,24,31,33-35,37-42,45,47-48,53,56,60H,13-14,17-23,25-30H2,1-9H3/b12-10?,15-11+,32-16?,36-24+/t31-,33-,34-,35-,37-,38?,39-,40+,41?,42-,45-,47+,48-,51-/m1/s1. The number of hydrogen-bond acceptors (Lipinski definition) is 11. The molecule has 0 radical (unpaired) electrons. The zero-order chi connectivity index (χ0) is 46.6. The smallest absolute Gasteiger partial charge is 0.296 e. The lowest BCUT2D eigenvalue weighted by atomic mass is 9.74. The van der Waals surface area contributed by atoms with Gasteiger partial charge in [-0.2, -0.15) is 0 Å². The first-order chi connectivity index (χ1) is 29.8. The number of piperidine rings is 1. The Balaban J connectivity index is 1.67. The predicted molar refractivity (Wildman–Crippen MR) is 242 cm³/mol. The Morgan fingerprint density at radius 3 is 2.22 bits per heavy atom. The number of fused-ring (bicyclic) bond motifs is 3. The van der Waals surface area contributed by atoms with Crippen LogP contribution >= 0.6 is 0 Å². The number of ketones is 4. The molecule has 4 aliphatic rings. The van der Waals surface area contributed by atoms with Crippen molar-refractivity contribution >= 4 is 29.0 Å². The third-order valence-electron chi connectivity index (χ3n) is 14.7. The Morgan fingerprint density at radius 2 is 1.52 bits per heavy atom. The van der Waals surface area contributed by atoms with Gasteiger partial charge < -0.3 is 34.4 Å². The topological polar surface area (TPSA) is 177 Å². The first-order valence-electron chi connectivity index (χ1n) is 23.7. The fourth-order valence-corrected chi connectivity index (χ4v) is 10.2. The molecule has 63 heavy (non-hydrogen) atoms. The minimum absolute atomic E-state index is 0.0103. The van der Waals surface area contributed by atoms with E-state index in [-0.39, 0.29) is 79.0 Å². The molecule has 0 spiro atoms. The average molecular weight is 882 g/mol. The normalized spacial score (nSPS) is 38.9. The van der Waals surface area contributed by atoms with Crippen LogP contribution in [0.15, 0.2) is 47.6 Å². The minimum atomic E-state index is -2.38. The summed E-state index contributed by atoms with van der Waals surface area (Å²) in [6, 6.07) is -0.900. The van der Waals surface area contributed by atoms with Crippen molar-refractivity contribution in [2.45, 2.75) is 181 Å². The van der Waals surface area contributed by atoms with E-state index >= 15 is 0 Å². The van der Waals surface area contributed by atoms with Crippen molar-refractivity contribution in [2.24, 2.45) is 41.4 Å². The van der Waals surface area contributed by atoms with Crippen molar-refractivity contribution in [3.05, 3.63) is 47.6 Å². The van der Waals surface area contributed by atoms with E-state index in [1.165, 1.54) is 4.90 Å². The second-order valence-electron chi connectivity index (χ2n) is 19.7. The van der Waals surface area contributed by atoms with E-state index < -0.39 is 59.6 Å². The van der Waals surface area contributed by atoms with Gasteiger partial charge in [0.2, 0.25) is 5.79 Å². The Kier molecular flexibility index (Phi) is 20.3. The number of carbonyl (C=O) groups excluding carboxylic acids is 5. The first kappa shape index (κ1) is 52.5. The molecule has 0 aromatic carbocycles. The molecule has 2 bridgehead atoms. The van der Waals surface area contributed by atoms with Gasteiger partial charge in [-0.05, 0) is 113 Å². The molecule has 1 aliphatic carbocycles. The number of Topliss-reactive ketones (excluding diaryl/α,β-unsaturated/α-hetero) is 4. The molecular formula is C51H79NO11. The third kappa shape index (κ3) is 14.4. The molecule has 2 saturated heterocycles. The van der Waals surface area contributed by atoms with E-state index in [0.29, 0.717) is 69.8 Å². The van der Waals surface area contributed by atoms with Crippen LogP contribution < -0.4 is 0 Å². The second kappa shape index (κ2) is 24.4. The Morgan fingerprint density at radius 1 is 0.810 bits per heavy atom. The maximum atomic E-state index is 14.5. The molecule has 14 atom stereocenters. The quantitative estimate of drug-likeness (QED) is 0.188. The van der Waals surface area contributed by atoms with E-state index in [1.807, 2.05) is 58.1 Å². The van der Waals surface area contributed by atoms with E-state index in [1.54, 1.807) is 41.1 Å². The van der Waals surface area contributed by atoms with Crippen LogP contribution in [-0.2, 0) is 38.2 Å². The molecule has 1 amide bonds. The highest BCUT2D eigenvalue weighted by Gasteiger charge is 2.53. The SMILES string of the molecule is CO[C@H]1C[C@@H]2CC[C@@H](C)[C@@](O)(O2)C(=O)C(=O)N2CCCCC2C(=O)C[C@H]([C@H](C)CC2CC[C@@H](O)[C@H](OC)C2)CC(=O)[C@H](C)/C=C(\C)[C@H](O)CC(=O)[C@H](C)C[C@H](C)/C=C/C=CC=C1C. The molecule has 0 aromatic rings. The van der Waals surface area contributed by atoms with Crippen LogP contribution in [0.5, 0.6) is 0 Å². The summed E-state index contributed by atoms with van der Waals surface area (Å²) in [7, 11) is 3.19. The summed E-state index contributed by atoms with van der Waals surface area (Å²) in [6.07, 6.45) is 15.0. The summed E-state index contributed by atoms with van der Waals surface area (Å²) in [5.74, 6) is -6.49.